The fraction of sp³-hybridized carbons (Fsp3) is 0.276. The third kappa shape index (κ3) is 3.89. The van der Waals surface area contributed by atoms with Crippen molar-refractivity contribution in [2.75, 3.05) is 26.9 Å². The number of carbonyl (C=O) groups is 1. The van der Waals surface area contributed by atoms with E-state index in [1.54, 1.807) is 7.11 Å². The molecule has 1 aliphatic carbocycles. The predicted molar refractivity (Wildman–Crippen MR) is 136 cm³/mol. The number of hydrogen-bond acceptors (Lipinski definition) is 4. The molecule has 3 aromatic carbocycles. The van der Waals surface area contributed by atoms with Gasteiger partial charge in [-0.15, -0.1) is 0 Å². The van der Waals surface area contributed by atoms with Gasteiger partial charge in [0.2, 0.25) is 0 Å². The zero-order chi connectivity index (χ0) is 23.9. The number of fused-ring (bicyclic) bond motifs is 5. The summed E-state index contributed by atoms with van der Waals surface area (Å²) >= 11 is 6.36. The molecule has 2 unspecified atom stereocenters. The largest absolute Gasteiger partial charge is 0.495 e. The fourth-order valence-corrected chi connectivity index (χ4v) is 5.89. The van der Waals surface area contributed by atoms with Crippen molar-refractivity contribution in [2.24, 2.45) is 0 Å². The van der Waals surface area contributed by atoms with Gasteiger partial charge in [-0.1, -0.05) is 72.3 Å². The molecule has 0 spiro atoms. The minimum atomic E-state index is -0.284. The van der Waals surface area contributed by atoms with Crippen molar-refractivity contribution >= 4 is 23.3 Å². The van der Waals surface area contributed by atoms with Crippen molar-refractivity contribution in [2.45, 2.75) is 24.4 Å². The van der Waals surface area contributed by atoms with Gasteiger partial charge in [0.25, 0.3) is 0 Å². The lowest BCUT2D eigenvalue weighted by Crippen LogP contribution is -2.56. The van der Waals surface area contributed by atoms with E-state index in [2.05, 4.69) is 42.5 Å². The third-order valence-electron chi connectivity index (χ3n) is 7.27. The first-order valence-corrected chi connectivity index (χ1v) is 12.3. The molecule has 3 aliphatic rings. The SMILES string of the molecule is COc1ccc(C2=CC3COCC(C2)N3C(=O)OCC2c3ccccc3-c3ccccc32)cc1Cl. The number of benzene rings is 3. The number of amides is 1. The molecule has 1 amide bonds. The molecule has 0 aromatic heterocycles. The van der Waals surface area contributed by atoms with Gasteiger partial charge in [-0.05, 0) is 51.9 Å². The lowest BCUT2D eigenvalue weighted by Gasteiger charge is -2.44. The highest BCUT2D eigenvalue weighted by molar-refractivity contribution is 6.32. The van der Waals surface area contributed by atoms with Crippen molar-refractivity contribution < 1.29 is 19.0 Å². The molecule has 2 aliphatic heterocycles. The average Bonchev–Trinajstić information content (AvgIpc) is 3.20. The fourth-order valence-electron chi connectivity index (χ4n) is 5.63. The average molecular weight is 488 g/mol. The van der Waals surface area contributed by atoms with Gasteiger partial charge in [-0.25, -0.2) is 4.79 Å². The van der Waals surface area contributed by atoms with Crippen LogP contribution in [0.4, 0.5) is 4.79 Å². The zero-order valence-electron chi connectivity index (χ0n) is 19.4. The summed E-state index contributed by atoms with van der Waals surface area (Å²) < 4.78 is 17.0. The van der Waals surface area contributed by atoms with Crippen LogP contribution in [-0.4, -0.2) is 50.0 Å². The summed E-state index contributed by atoms with van der Waals surface area (Å²) in [4.78, 5) is 15.2. The van der Waals surface area contributed by atoms with Crippen LogP contribution in [0, 0.1) is 0 Å². The van der Waals surface area contributed by atoms with Crippen molar-refractivity contribution in [3.8, 4) is 16.9 Å². The van der Waals surface area contributed by atoms with E-state index in [9.17, 15) is 4.79 Å². The standard InChI is InChI=1S/C29H26ClNO4/c1-33-28-11-10-18(14-27(28)30)19-12-20-15-34-16-21(13-19)31(20)29(32)35-17-26-24-8-4-2-6-22(24)23-7-3-5-9-25(23)26/h2-12,14,20-21,26H,13,15-17H2,1H3. The van der Waals surface area contributed by atoms with Crippen LogP contribution in [0.2, 0.25) is 5.02 Å². The molecular formula is C29H26ClNO4. The Labute approximate surface area is 209 Å². The van der Waals surface area contributed by atoms with Crippen LogP contribution in [-0.2, 0) is 9.47 Å². The van der Waals surface area contributed by atoms with Gasteiger partial charge in [0.05, 0.1) is 37.4 Å². The van der Waals surface area contributed by atoms with Crippen molar-refractivity contribution in [3.63, 3.8) is 0 Å². The summed E-state index contributed by atoms with van der Waals surface area (Å²) in [5, 5.41) is 0.575. The Bertz CT molecular complexity index is 1270. The van der Waals surface area contributed by atoms with Crippen molar-refractivity contribution in [3.05, 3.63) is 94.5 Å². The van der Waals surface area contributed by atoms with Crippen LogP contribution in [0.3, 0.4) is 0 Å². The van der Waals surface area contributed by atoms with E-state index >= 15 is 0 Å². The molecule has 1 saturated heterocycles. The van der Waals surface area contributed by atoms with Crippen LogP contribution in [0.15, 0.2) is 72.8 Å². The second kappa shape index (κ2) is 9.06. The van der Waals surface area contributed by atoms with E-state index in [-0.39, 0.29) is 24.1 Å². The van der Waals surface area contributed by atoms with Gasteiger partial charge >= 0.3 is 6.09 Å². The molecule has 0 saturated carbocycles. The topological polar surface area (TPSA) is 48.0 Å². The lowest BCUT2D eigenvalue weighted by atomic mass is 9.90. The minimum absolute atomic E-state index is 0.0415. The van der Waals surface area contributed by atoms with Gasteiger partial charge < -0.3 is 14.2 Å². The highest BCUT2D eigenvalue weighted by Gasteiger charge is 2.40. The van der Waals surface area contributed by atoms with Gasteiger partial charge in [-0.3, -0.25) is 4.90 Å². The molecule has 1 fully saturated rings. The predicted octanol–water partition coefficient (Wildman–Crippen LogP) is 6.15. The number of nitrogens with zero attached hydrogens (tertiary/aromatic N) is 1. The van der Waals surface area contributed by atoms with E-state index < -0.39 is 0 Å². The monoisotopic (exact) mass is 487 g/mol. The maximum Gasteiger partial charge on any atom is 0.410 e. The molecule has 0 radical (unpaired) electrons. The summed E-state index contributed by atoms with van der Waals surface area (Å²) in [7, 11) is 1.61. The molecule has 5 nitrogen and oxygen atoms in total. The highest BCUT2D eigenvalue weighted by Crippen LogP contribution is 2.45. The maximum atomic E-state index is 13.4. The molecule has 6 heteroatoms. The summed E-state index contributed by atoms with van der Waals surface area (Å²) in [6.07, 6.45) is 2.51. The molecule has 35 heavy (non-hydrogen) atoms. The second-order valence-electron chi connectivity index (χ2n) is 9.22. The van der Waals surface area contributed by atoms with E-state index in [4.69, 9.17) is 25.8 Å². The van der Waals surface area contributed by atoms with E-state index in [1.165, 1.54) is 22.3 Å². The maximum absolute atomic E-state index is 13.4. The second-order valence-corrected chi connectivity index (χ2v) is 9.62. The molecule has 2 atom stereocenters. The first-order chi connectivity index (χ1) is 17.1. The molecule has 2 heterocycles. The third-order valence-corrected chi connectivity index (χ3v) is 7.56. The highest BCUT2D eigenvalue weighted by atomic mass is 35.5. The summed E-state index contributed by atoms with van der Waals surface area (Å²) in [6.45, 7) is 1.25. The molecule has 178 valence electrons. The number of ether oxygens (including phenoxy) is 3. The number of hydrogen-bond donors (Lipinski definition) is 0. The first kappa shape index (κ1) is 22.2. The quantitative estimate of drug-likeness (QED) is 0.442. The van der Waals surface area contributed by atoms with E-state index in [1.807, 2.05) is 35.2 Å². The summed E-state index contributed by atoms with van der Waals surface area (Å²) in [5.74, 6) is 0.690. The van der Waals surface area contributed by atoms with Crippen LogP contribution in [0.5, 0.6) is 5.75 Å². The Kier molecular flexibility index (Phi) is 5.75. The Morgan fingerprint density at radius 2 is 1.74 bits per heavy atom. The summed E-state index contributed by atoms with van der Waals surface area (Å²) in [6, 6.07) is 22.3. The Morgan fingerprint density at radius 3 is 2.40 bits per heavy atom. The Hall–Kier alpha value is -3.28. The number of morpholine rings is 1. The number of rotatable bonds is 4. The molecular weight excluding hydrogens is 462 g/mol. The van der Waals surface area contributed by atoms with E-state index in [0.717, 1.165) is 11.1 Å². The summed E-state index contributed by atoms with van der Waals surface area (Å²) in [5.41, 5.74) is 7.07. The van der Waals surface area contributed by atoms with Gasteiger partial charge in [0.1, 0.15) is 12.4 Å². The lowest BCUT2D eigenvalue weighted by molar-refractivity contribution is -0.0331. The molecule has 0 N–H and O–H groups in total. The van der Waals surface area contributed by atoms with E-state index in [0.29, 0.717) is 37.0 Å². The number of halogens is 1. The van der Waals surface area contributed by atoms with Crippen LogP contribution in [0.1, 0.15) is 29.0 Å². The number of methoxy groups -OCH3 is 1. The van der Waals surface area contributed by atoms with Crippen molar-refractivity contribution in [1.29, 1.82) is 0 Å². The Balaban J connectivity index is 1.21. The normalized spacial score (nSPS) is 20.6. The smallest absolute Gasteiger partial charge is 0.410 e. The number of carbonyl (C=O) groups excluding carboxylic acids is 1. The van der Waals surface area contributed by atoms with Gasteiger partial charge in [0.15, 0.2) is 0 Å². The first-order valence-electron chi connectivity index (χ1n) is 11.9. The zero-order valence-corrected chi connectivity index (χ0v) is 20.2. The molecule has 3 aromatic rings. The molecule has 6 rings (SSSR count). The van der Waals surface area contributed by atoms with Gasteiger partial charge in [-0.2, -0.15) is 0 Å². The molecule has 2 bridgehead atoms. The van der Waals surface area contributed by atoms with Crippen LogP contribution < -0.4 is 4.74 Å². The van der Waals surface area contributed by atoms with Crippen LogP contribution in [0.25, 0.3) is 16.7 Å². The van der Waals surface area contributed by atoms with Gasteiger partial charge in [0, 0.05) is 5.92 Å². The van der Waals surface area contributed by atoms with Crippen molar-refractivity contribution in [1.82, 2.24) is 4.90 Å². The minimum Gasteiger partial charge on any atom is -0.495 e. The Morgan fingerprint density at radius 1 is 1.03 bits per heavy atom. The van der Waals surface area contributed by atoms with Crippen LogP contribution >= 0.6 is 11.6 Å².